The Morgan fingerprint density at radius 1 is 1.42 bits per heavy atom. The highest BCUT2D eigenvalue weighted by Crippen LogP contribution is 2.60. The molecule has 2 fully saturated rings. The molecule has 2 N–H and O–H groups in total. The fraction of sp³-hybridized carbons (Fsp3) is 0.467. The van der Waals surface area contributed by atoms with Gasteiger partial charge in [0, 0.05) is 29.9 Å². The van der Waals surface area contributed by atoms with Gasteiger partial charge in [-0.25, -0.2) is 4.98 Å². The summed E-state index contributed by atoms with van der Waals surface area (Å²) in [5, 5.41) is 6.34. The van der Waals surface area contributed by atoms with E-state index in [1.54, 1.807) is 6.20 Å². The van der Waals surface area contributed by atoms with Gasteiger partial charge in [-0.1, -0.05) is 0 Å². The third kappa shape index (κ3) is 1.91. The minimum absolute atomic E-state index is 0.0718. The second kappa shape index (κ2) is 3.83. The van der Waals surface area contributed by atoms with E-state index in [4.69, 9.17) is 0 Å². The van der Waals surface area contributed by atoms with Gasteiger partial charge in [-0.3, -0.25) is 4.79 Å². The number of hydrogen-bond acceptors (Lipinski definition) is 3. The molecule has 1 amide bonds. The summed E-state index contributed by atoms with van der Waals surface area (Å²) in [6.45, 7) is 0.563. The first-order valence-corrected chi connectivity index (χ1v) is 6.95. The fourth-order valence-electron chi connectivity index (χ4n) is 3.20. The molecule has 0 unspecified atom stereocenters. The van der Waals surface area contributed by atoms with Crippen molar-refractivity contribution < 1.29 is 4.79 Å². The number of carbonyl (C=O) groups is 1. The molecule has 0 saturated heterocycles. The Bertz CT molecular complexity index is 567. The number of carbonyl (C=O) groups excluding carboxylic acids is 1. The summed E-state index contributed by atoms with van der Waals surface area (Å²) in [5.41, 5.74) is 2.43. The fourth-order valence-corrected chi connectivity index (χ4v) is 3.20. The van der Waals surface area contributed by atoms with Crippen molar-refractivity contribution >= 4 is 17.8 Å². The molecule has 4 rings (SSSR count). The maximum Gasteiger partial charge on any atom is 0.249 e. The molecule has 1 aromatic heterocycles. The highest BCUT2D eigenvalue weighted by Gasteiger charge is 2.53. The molecular weight excluding hydrogens is 238 g/mol. The third-order valence-electron chi connectivity index (χ3n) is 4.56. The van der Waals surface area contributed by atoms with E-state index in [0.717, 1.165) is 17.0 Å². The van der Waals surface area contributed by atoms with Crippen molar-refractivity contribution in [3.63, 3.8) is 0 Å². The number of hydrogen-bond donors (Lipinski definition) is 2. The highest BCUT2D eigenvalue weighted by atomic mass is 16.1. The van der Waals surface area contributed by atoms with Gasteiger partial charge in [0.05, 0.1) is 0 Å². The molecule has 2 heterocycles. The van der Waals surface area contributed by atoms with E-state index in [-0.39, 0.29) is 5.91 Å². The van der Waals surface area contributed by atoms with Gasteiger partial charge in [0.25, 0.3) is 0 Å². The van der Waals surface area contributed by atoms with E-state index in [1.807, 2.05) is 18.2 Å². The first kappa shape index (κ1) is 11.0. The molecule has 2 saturated carbocycles. The van der Waals surface area contributed by atoms with E-state index in [2.05, 4.69) is 15.6 Å². The Balaban J connectivity index is 1.44. The van der Waals surface area contributed by atoms with Crippen LogP contribution in [-0.2, 0) is 4.79 Å². The monoisotopic (exact) mass is 255 g/mol. The molecule has 3 aliphatic rings. The van der Waals surface area contributed by atoms with Crippen molar-refractivity contribution in [2.24, 2.45) is 5.41 Å². The van der Waals surface area contributed by atoms with E-state index in [1.165, 1.54) is 25.7 Å². The first-order valence-electron chi connectivity index (χ1n) is 6.95. The minimum atomic E-state index is 0.0718. The zero-order valence-electron chi connectivity index (χ0n) is 10.8. The minimum Gasteiger partial charge on any atom is -0.365 e. The van der Waals surface area contributed by atoms with E-state index >= 15 is 0 Å². The molecule has 1 aliphatic heterocycles. The molecule has 4 heteroatoms. The zero-order chi connectivity index (χ0) is 12.9. The number of pyridine rings is 1. The Hall–Kier alpha value is -1.84. The van der Waals surface area contributed by atoms with Crippen molar-refractivity contribution in [1.29, 1.82) is 0 Å². The van der Waals surface area contributed by atoms with Gasteiger partial charge in [0.2, 0.25) is 5.91 Å². The Labute approximate surface area is 112 Å². The van der Waals surface area contributed by atoms with Crippen LogP contribution in [0.1, 0.15) is 31.2 Å². The molecule has 0 atom stereocenters. The van der Waals surface area contributed by atoms with E-state index in [0.29, 0.717) is 18.0 Å². The van der Waals surface area contributed by atoms with Crippen LogP contribution in [0.3, 0.4) is 0 Å². The summed E-state index contributed by atoms with van der Waals surface area (Å²) in [5.74, 6) is 0.933. The SMILES string of the molecule is O=C(NC1CC2(CC2)C1)C1=Cc2cccnc2NC1. The van der Waals surface area contributed by atoms with E-state index in [9.17, 15) is 4.79 Å². The van der Waals surface area contributed by atoms with Crippen LogP contribution < -0.4 is 10.6 Å². The molecule has 98 valence electrons. The van der Waals surface area contributed by atoms with Crippen LogP contribution in [0.5, 0.6) is 0 Å². The second-order valence-corrected chi connectivity index (χ2v) is 6.04. The average Bonchev–Trinajstić information content (AvgIpc) is 3.18. The molecule has 0 radical (unpaired) electrons. The van der Waals surface area contributed by atoms with Crippen LogP contribution in [0.4, 0.5) is 5.82 Å². The number of rotatable bonds is 2. The van der Waals surface area contributed by atoms with Gasteiger partial charge in [-0.15, -0.1) is 0 Å². The van der Waals surface area contributed by atoms with E-state index < -0.39 is 0 Å². The molecule has 1 spiro atoms. The molecule has 19 heavy (non-hydrogen) atoms. The highest BCUT2D eigenvalue weighted by molar-refractivity contribution is 6.00. The quantitative estimate of drug-likeness (QED) is 0.849. The van der Waals surface area contributed by atoms with Crippen LogP contribution in [0.25, 0.3) is 6.08 Å². The van der Waals surface area contributed by atoms with Crippen molar-refractivity contribution in [2.75, 3.05) is 11.9 Å². The van der Waals surface area contributed by atoms with Crippen molar-refractivity contribution in [2.45, 2.75) is 31.7 Å². The number of amides is 1. The third-order valence-corrected chi connectivity index (χ3v) is 4.56. The predicted molar refractivity (Wildman–Crippen MR) is 73.5 cm³/mol. The Morgan fingerprint density at radius 2 is 2.26 bits per heavy atom. The lowest BCUT2D eigenvalue weighted by Crippen LogP contribution is -2.46. The van der Waals surface area contributed by atoms with Crippen LogP contribution in [-0.4, -0.2) is 23.5 Å². The summed E-state index contributed by atoms with van der Waals surface area (Å²) in [4.78, 5) is 16.4. The summed E-state index contributed by atoms with van der Waals surface area (Å²) in [6.07, 6.45) is 8.79. The molecule has 0 aromatic carbocycles. The van der Waals surface area contributed by atoms with Gasteiger partial charge in [0.1, 0.15) is 5.82 Å². The van der Waals surface area contributed by atoms with Gasteiger partial charge in [0.15, 0.2) is 0 Å². The maximum atomic E-state index is 12.2. The molecule has 0 bridgehead atoms. The largest absolute Gasteiger partial charge is 0.365 e. The normalized spacial score (nSPS) is 22.8. The topological polar surface area (TPSA) is 54.0 Å². The summed E-state index contributed by atoms with van der Waals surface area (Å²) in [7, 11) is 0. The van der Waals surface area contributed by atoms with Gasteiger partial charge in [-0.05, 0) is 49.3 Å². The van der Waals surface area contributed by atoms with Crippen molar-refractivity contribution in [3.05, 3.63) is 29.5 Å². The number of anilines is 1. The molecular formula is C15H17N3O. The molecule has 4 nitrogen and oxygen atoms in total. The van der Waals surface area contributed by atoms with Crippen LogP contribution in [0.15, 0.2) is 23.9 Å². The molecule has 1 aromatic rings. The lowest BCUT2D eigenvalue weighted by Gasteiger charge is -2.36. The van der Waals surface area contributed by atoms with Crippen LogP contribution in [0, 0.1) is 5.41 Å². The summed E-state index contributed by atoms with van der Waals surface area (Å²) < 4.78 is 0. The summed E-state index contributed by atoms with van der Waals surface area (Å²) >= 11 is 0. The zero-order valence-corrected chi connectivity index (χ0v) is 10.8. The number of nitrogens with one attached hydrogen (secondary N) is 2. The van der Waals surface area contributed by atoms with Crippen molar-refractivity contribution in [1.82, 2.24) is 10.3 Å². The average molecular weight is 255 g/mol. The number of fused-ring (bicyclic) bond motifs is 1. The lowest BCUT2D eigenvalue weighted by molar-refractivity contribution is -0.119. The van der Waals surface area contributed by atoms with Gasteiger partial charge < -0.3 is 10.6 Å². The smallest absolute Gasteiger partial charge is 0.249 e. The standard InChI is InChI=1S/C15H17N3O/c19-14(18-12-7-15(8-12)3-4-15)11-6-10-2-1-5-16-13(10)17-9-11/h1-2,5-6,12H,3-4,7-9H2,(H,16,17)(H,18,19). The Morgan fingerprint density at radius 3 is 3.05 bits per heavy atom. The number of nitrogens with zero attached hydrogens (tertiary/aromatic N) is 1. The first-order chi connectivity index (χ1) is 9.24. The Kier molecular flexibility index (Phi) is 2.22. The van der Waals surface area contributed by atoms with Crippen molar-refractivity contribution in [3.8, 4) is 0 Å². The van der Waals surface area contributed by atoms with Gasteiger partial charge in [-0.2, -0.15) is 0 Å². The summed E-state index contributed by atoms with van der Waals surface area (Å²) in [6, 6.07) is 4.26. The maximum absolute atomic E-state index is 12.2. The van der Waals surface area contributed by atoms with Crippen LogP contribution >= 0.6 is 0 Å². The lowest BCUT2D eigenvalue weighted by atomic mass is 9.77. The van der Waals surface area contributed by atoms with Gasteiger partial charge >= 0.3 is 0 Å². The second-order valence-electron chi connectivity index (χ2n) is 6.04. The number of aromatic nitrogens is 1. The molecule has 2 aliphatic carbocycles. The predicted octanol–water partition coefficient (Wildman–Crippen LogP) is 1.95. The van der Waals surface area contributed by atoms with Crippen LogP contribution in [0.2, 0.25) is 0 Å².